The van der Waals surface area contributed by atoms with Crippen LogP contribution in [-0.2, 0) is 0 Å². The van der Waals surface area contributed by atoms with Gasteiger partial charge in [-0.1, -0.05) is 6.07 Å². The molecule has 2 rings (SSSR count). The van der Waals surface area contributed by atoms with Gasteiger partial charge in [0.2, 0.25) is 5.29 Å². The molecule has 0 atom stereocenters. The summed E-state index contributed by atoms with van der Waals surface area (Å²) in [6.07, 6.45) is 0. The van der Waals surface area contributed by atoms with Gasteiger partial charge in [-0.25, -0.2) is 4.99 Å². The average molecular weight is 199 g/mol. The van der Waals surface area contributed by atoms with Crippen molar-refractivity contribution in [3.05, 3.63) is 23.8 Å². The molecule has 2 nitrogen and oxygen atoms in total. The fourth-order valence-electron chi connectivity index (χ4n) is 1.03. The number of benzene rings is 1. The zero-order chi connectivity index (χ0) is 8.55. The van der Waals surface area contributed by atoms with Gasteiger partial charge in [0.05, 0.1) is 10.6 Å². The van der Waals surface area contributed by atoms with Gasteiger partial charge in [-0.3, -0.25) is 0 Å². The van der Waals surface area contributed by atoms with E-state index in [9.17, 15) is 0 Å². The highest BCUT2D eigenvalue weighted by Gasteiger charge is 2.09. The molecule has 0 fully saturated rings. The van der Waals surface area contributed by atoms with E-state index in [1.54, 1.807) is 0 Å². The maximum Gasteiger partial charge on any atom is 0.206 e. The van der Waals surface area contributed by atoms with Gasteiger partial charge in [-0.05, 0) is 48.2 Å². The average Bonchev–Trinajstić information content (AvgIpc) is 2.03. The van der Waals surface area contributed by atoms with Gasteiger partial charge in [0, 0.05) is 0 Å². The zero-order valence-corrected chi connectivity index (χ0v) is 8.04. The molecule has 0 aliphatic carbocycles. The second kappa shape index (κ2) is 2.99. The van der Waals surface area contributed by atoms with E-state index >= 15 is 0 Å². The van der Waals surface area contributed by atoms with E-state index in [0.717, 1.165) is 10.6 Å². The molecule has 1 aromatic rings. The summed E-state index contributed by atoms with van der Waals surface area (Å²) in [5, 5.41) is 0.443. The van der Waals surface area contributed by atoms with Crippen molar-refractivity contribution < 1.29 is 0 Å². The van der Waals surface area contributed by atoms with Crippen LogP contribution in [0.4, 0.5) is 5.69 Å². The molecule has 1 aliphatic rings. The molecular weight excluding hydrogens is 192 g/mol. The first kappa shape index (κ1) is 7.95. The van der Waals surface area contributed by atoms with Crippen molar-refractivity contribution in [1.29, 1.82) is 0 Å². The maximum absolute atomic E-state index is 5.71. The first-order valence-electron chi connectivity index (χ1n) is 3.53. The number of aryl methyl sites for hydroxylation is 1. The third-order valence-electron chi connectivity index (χ3n) is 1.58. The topological polar surface area (TPSA) is 24.4 Å². The summed E-state index contributed by atoms with van der Waals surface area (Å²) in [6, 6.07) is 6.11. The summed E-state index contributed by atoms with van der Waals surface area (Å²) in [5.74, 6) is 0. The minimum atomic E-state index is 0.443. The molecule has 62 valence electrons. The van der Waals surface area contributed by atoms with E-state index in [1.165, 1.54) is 17.5 Å². The molecular formula is C8H7ClN2S. The van der Waals surface area contributed by atoms with E-state index in [2.05, 4.69) is 15.8 Å². The minimum absolute atomic E-state index is 0.443. The summed E-state index contributed by atoms with van der Waals surface area (Å²) < 4.78 is 2.89. The third kappa shape index (κ3) is 1.42. The van der Waals surface area contributed by atoms with E-state index in [4.69, 9.17) is 11.6 Å². The molecule has 1 heterocycles. The quantitative estimate of drug-likeness (QED) is 0.512. The summed E-state index contributed by atoms with van der Waals surface area (Å²) in [5.41, 5.74) is 2.15. The Morgan fingerprint density at radius 3 is 3.17 bits per heavy atom. The molecule has 0 saturated heterocycles. The number of rotatable bonds is 0. The summed E-state index contributed by atoms with van der Waals surface area (Å²) in [4.78, 5) is 5.27. The fourth-order valence-corrected chi connectivity index (χ4v) is 1.82. The van der Waals surface area contributed by atoms with Crippen molar-refractivity contribution in [2.75, 3.05) is 0 Å². The van der Waals surface area contributed by atoms with Crippen molar-refractivity contribution in [2.45, 2.75) is 11.8 Å². The normalized spacial score (nSPS) is 14.7. The highest BCUT2D eigenvalue weighted by Crippen LogP contribution is 2.32. The lowest BCUT2D eigenvalue weighted by molar-refractivity contribution is 1.28. The molecule has 0 amide bonds. The lowest BCUT2D eigenvalue weighted by atomic mass is 10.2. The molecule has 1 aliphatic heterocycles. The number of nitrogens with one attached hydrogen (secondary N) is 1. The number of amidine groups is 1. The molecule has 0 aromatic heterocycles. The van der Waals surface area contributed by atoms with Crippen LogP contribution in [0.2, 0.25) is 0 Å². The molecule has 12 heavy (non-hydrogen) atoms. The van der Waals surface area contributed by atoms with Crippen molar-refractivity contribution in [3.63, 3.8) is 0 Å². The van der Waals surface area contributed by atoms with Gasteiger partial charge in [0.25, 0.3) is 0 Å². The van der Waals surface area contributed by atoms with Crippen LogP contribution in [0, 0.1) is 6.92 Å². The molecule has 0 spiro atoms. The predicted octanol–water partition coefficient (Wildman–Crippen LogP) is 2.83. The Kier molecular flexibility index (Phi) is 1.98. The molecule has 0 unspecified atom stereocenters. The van der Waals surface area contributed by atoms with Crippen molar-refractivity contribution in [2.24, 2.45) is 4.99 Å². The molecule has 0 radical (unpaired) electrons. The summed E-state index contributed by atoms with van der Waals surface area (Å²) in [7, 11) is 0. The largest absolute Gasteiger partial charge is 0.300 e. The highest BCUT2D eigenvalue weighted by molar-refractivity contribution is 7.98. The van der Waals surface area contributed by atoms with E-state index in [1.807, 2.05) is 19.1 Å². The van der Waals surface area contributed by atoms with Crippen LogP contribution in [0.3, 0.4) is 0 Å². The minimum Gasteiger partial charge on any atom is -0.300 e. The van der Waals surface area contributed by atoms with E-state index < -0.39 is 0 Å². The van der Waals surface area contributed by atoms with Crippen LogP contribution >= 0.6 is 23.5 Å². The Morgan fingerprint density at radius 2 is 2.33 bits per heavy atom. The van der Waals surface area contributed by atoms with Crippen LogP contribution in [-0.4, -0.2) is 5.29 Å². The third-order valence-corrected chi connectivity index (χ3v) is 2.73. The molecule has 0 bridgehead atoms. The standard InChI is InChI=1S/C8H7ClN2S/c1-5-2-3-7-6(4-5)10-8(9)11-12-7/h2-4H,1H3,(H,10,11). The van der Waals surface area contributed by atoms with Crippen LogP contribution in [0.25, 0.3) is 0 Å². The maximum atomic E-state index is 5.71. The summed E-state index contributed by atoms with van der Waals surface area (Å²) in [6.45, 7) is 2.04. The Morgan fingerprint density at radius 1 is 1.50 bits per heavy atom. The first-order valence-corrected chi connectivity index (χ1v) is 4.73. The Hall–Kier alpha value is -0.670. The molecule has 4 heteroatoms. The number of hydrogen-bond acceptors (Lipinski definition) is 3. The van der Waals surface area contributed by atoms with Crippen molar-refractivity contribution in [1.82, 2.24) is 4.72 Å². The number of nitrogens with zero attached hydrogens (tertiary/aromatic N) is 1. The van der Waals surface area contributed by atoms with Crippen LogP contribution in [0.5, 0.6) is 0 Å². The van der Waals surface area contributed by atoms with E-state index in [0.29, 0.717) is 5.29 Å². The number of halogens is 1. The lowest BCUT2D eigenvalue weighted by Gasteiger charge is -2.12. The van der Waals surface area contributed by atoms with Crippen LogP contribution < -0.4 is 4.72 Å². The second-order valence-electron chi connectivity index (χ2n) is 2.58. The number of fused-ring (bicyclic) bond motifs is 1. The van der Waals surface area contributed by atoms with Crippen molar-refractivity contribution >= 4 is 34.5 Å². The number of hydrogen-bond donors (Lipinski definition) is 1. The highest BCUT2D eigenvalue weighted by atomic mass is 35.5. The van der Waals surface area contributed by atoms with Gasteiger partial charge in [-0.15, -0.1) is 0 Å². The van der Waals surface area contributed by atoms with E-state index in [-0.39, 0.29) is 0 Å². The summed E-state index contributed by atoms with van der Waals surface area (Å²) >= 11 is 7.21. The predicted molar refractivity (Wildman–Crippen MR) is 53.1 cm³/mol. The number of aliphatic imine (C=N–C) groups is 1. The monoisotopic (exact) mass is 198 g/mol. The van der Waals surface area contributed by atoms with Gasteiger partial charge in [-0.2, -0.15) is 0 Å². The SMILES string of the molecule is Cc1ccc2c(c1)N=C(Cl)NS2. The van der Waals surface area contributed by atoms with Crippen LogP contribution in [0.15, 0.2) is 28.1 Å². The fraction of sp³-hybridized carbons (Fsp3) is 0.125. The Bertz CT molecular complexity index is 349. The zero-order valence-electron chi connectivity index (χ0n) is 6.47. The lowest BCUT2D eigenvalue weighted by Crippen LogP contribution is -2.11. The van der Waals surface area contributed by atoms with Crippen molar-refractivity contribution in [3.8, 4) is 0 Å². The van der Waals surface area contributed by atoms with Gasteiger partial charge in [0.1, 0.15) is 0 Å². The van der Waals surface area contributed by atoms with Gasteiger partial charge in [0.15, 0.2) is 0 Å². The molecule has 1 N–H and O–H groups in total. The van der Waals surface area contributed by atoms with Gasteiger partial charge < -0.3 is 4.72 Å². The molecule has 0 saturated carbocycles. The Labute approximate surface area is 80.2 Å². The Balaban J connectivity index is 2.53. The smallest absolute Gasteiger partial charge is 0.206 e. The van der Waals surface area contributed by atoms with Gasteiger partial charge >= 0.3 is 0 Å². The second-order valence-corrected chi connectivity index (χ2v) is 3.78. The molecule has 1 aromatic carbocycles. The van der Waals surface area contributed by atoms with Crippen LogP contribution in [0.1, 0.15) is 5.56 Å². The first-order chi connectivity index (χ1) is 5.75.